The summed E-state index contributed by atoms with van der Waals surface area (Å²) in [5.41, 5.74) is 0. The lowest BCUT2D eigenvalue weighted by Crippen LogP contribution is -2.44. The van der Waals surface area contributed by atoms with Crippen molar-refractivity contribution in [2.75, 3.05) is 47.5 Å². The van der Waals surface area contributed by atoms with Gasteiger partial charge in [-0.25, -0.2) is 0 Å². The van der Waals surface area contributed by atoms with Gasteiger partial charge in [0, 0.05) is 12.8 Å². The zero-order chi connectivity index (χ0) is 69.0. The van der Waals surface area contributed by atoms with Gasteiger partial charge in [0.1, 0.15) is 13.2 Å². The van der Waals surface area contributed by atoms with Gasteiger partial charge in [-0.3, -0.25) is 9.59 Å². The fraction of sp³-hybridized carbons (Fsp3) is 0.686. The quantitative estimate of drug-likeness (QED) is 0.0195. The molecule has 0 fully saturated rings. The maximum absolute atomic E-state index is 13.0. The van der Waals surface area contributed by atoms with E-state index < -0.39 is 24.3 Å². The Balaban J connectivity index is 4.03. The van der Waals surface area contributed by atoms with Gasteiger partial charge in [-0.05, 0) is 116 Å². The van der Waals surface area contributed by atoms with E-state index in [-0.39, 0.29) is 38.6 Å². The van der Waals surface area contributed by atoms with Crippen LogP contribution in [0.2, 0.25) is 0 Å². The molecule has 0 bridgehead atoms. The number of esters is 2. The van der Waals surface area contributed by atoms with Crippen molar-refractivity contribution in [2.45, 2.75) is 334 Å². The molecule has 0 rings (SSSR count). The summed E-state index contributed by atoms with van der Waals surface area (Å²) >= 11 is 0. The lowest BCUT2D eigenvalue weighted by Gasteiger charge is -2.26. The fourth-order valence-electron chi connectivity index (χ4n) is 10.7. The number of unbranched alkanes of at least 4 members (excludes halogenated alkanes) is 32. The number of carbonyl (C=O) groups excluding carboxylic acids is 3. The van der Waals surface area contributed by atoms with Crippen molar-refractivity contribution in [2.24, 2.45) is 0 Å². The molecule has 0 aromatic carbocycles. The van der Waals surface area contributed by atoms with Gasteiger partial charge in [-0.1, -0.05) is 339 Å². The fourth-order valence-corrected chi connectivity index (χ4v) is 10.7. The lowest BCUT2D eigenvalue weighted by atomic mass is 10.0. The summed E-state index contributed by atoms with van der Waals surface area (Å²) in [5.74, 6) is -2.29. The van der Waals surface area contributed by atoms with Crippen LogP contribution in [0.3, 0.4) is 0 Å². The van der Waals surface area contributed by atoms with Crippen LogP contribution in [0, 0.1) is 0 Å². The van der Waals surface area contributed by atoms with Crippen LogP contribution in [0.4, 0.5) is 0 Å². The van der Waals surface area contributed by atoms with Crippen LogP contribution in [-0.4, -0.2) is 82.3 Å². The SMILES string of the molecule is CC/C=C\C/C=C\C/C=C\C/C=C\C/C=C\C/C=C\C/C=C\CCCCCCCCCC(=O)OC(COC(=O)CCCCCCCCCCCCCCCCCCCCCCCCCCC/C=C\C/C=C\C/C=C\C/C=C\C/C=C\CC)COC(OCC[N+](C)(C)C)C(=O)[O-]. The topological polar surface area (TPSA) is 111 Å². The third kappa shape index (κ3) is 76.4. The molecule has 95 heavy (non-hydrogen) atoms. The number of rotatable bonds is 71. The third-order valence-electron chi connectivity index (χ3n) is 16.6. The average molecular weight is 1320 g/mol. The Bertz CT molecular complexity index is 2080. The molecular weight excluding hydrogens is 1170 g/mol. The van der Waals surface area contributed by atoms with Crippen molar-refractivity contribution in [1.29, 1.82) is 0 Å². The Morgan fingerprint density at radius 1 is 0.316 bits per heavy atom. The van der Waals surface area contributed by atoms with E-state index in [0.29, 0.717) is 17.4 Å². The van der Waals surface area contributed by atoms with Crippen LogP contribution in [0.25, 0.3) is 0 Å². The van der Waals surface area contributed by atoms with Gasteiger partial charge in [0.25, 0.3) is 0 Å². The van der Waals surface area contributed by atoms with Crippen LogP contribution < -0.4 is 5.11 Å². The standard InChI is InChI=1S/C86H145NO8/c1-6-8-10-12-14-16-18-20-22-24-26-28-30-32-34-36-37-38-39-40-41-42-43-44-45-46-47-49-50-52-54-56-58-60-62-64-66-68-70-72-74-76-83(88)93-80-82(81-94-86(85(90)91)92-79-78-87(3,4)5)95-84(89)77-75-73-71-69-67-65-63-61-59-57-55-53-51-48-35-33-31-29-27-25-23-21-19-17-15-13-11-9-7-2/h8-11,14-17,20-23,26-29,32-35,51,53,57,59,82,86H,6-7,12-13,18-19,24-25,30-31,36-50,52,54-56,58,60-81H2,1-5H3/b10-8-,11-9-,16-14-,17-15-,22-20-,23-21-,28-26-,29-27-,34-32-,35-33-,53-51-,59-57-. The molecule has 542 valence electrons. The highest BCUT2D eigenvalue weighted by molar-refractivity contribution is 5.70. The Kier molecular flexibility index (Phi) is 71.1. The Morgan fingerprint density at radius 3 is 0.842 bits per heavy atom. The van der Waals surface area contributed by atoms with Crippen molar-refractivity contribution in [3.8, 4) is 0 Å². The zero-order valence-electron chi connectivity index (χ0n) is 62.0. The largest absolute Gasteiger partial charge is 0.545 e. The minimum atomic E-state index is -1.63. The number of ether oxygens (including phenoxy) is 4. The number of quaternary nitrogens is 1. The molecule has 0 spiro atoms. The number of nitrogens with zero attached hydrogens (tertiary/aromatic N) is 1. The van der Waals surface area contributed by atoms with Crippen molar-refractivity contribution in [1.82, 2.24) is 0 Å². The molecule has 0 aliphatic rings. The molecule has 9 nitrogen and oxygen atoms in total. The molecule has 0 aromatic heterocycles. The average Bonchev–Trinajstić information content (AvgIpc) is 2.86. The summed E-state index contributed by atoms with van der Waals surface area (Å²) in [6, 6.07) is 0. The molecule has 0 saturated carbocycles. The highest BCUT2D eigenvalue weighted by Gasteiger charge is 2.22. The molecular formula is C86H145NO8. The van der Waals surface area contributed by atoms with Crippen LogP contribution in [0.5, 0.6) is 0 Å². The first kappa shape index (κ1) is 90.2. The zero-order valence-corrected chi connectivity index (χ0v) is 62.0. The Hall–Kier alpha value is -4.83. The van der Waals surface area contributed by atoms with Crippen molar-refractivity contribution < 1.29 is 42.9 Å². The number of hydrogen-bond acceptors (Lipinski definition) is 8. The number of hydrogen-bond donors (Lipinski definition) is 0. The molecule has 0 N–H and O–H groups in total. The van der Waals surface area contributed by atoms with Crippen molar-refractivity contribution in [3.05, 3.63) is 146 Å². The van der Waals surface area contributed by atoms with E-state index >= 15 is 0 Å². The van der Waals surface area contributed by atoms with Gasteiger partial charge in [0.15, 0.2) is 12.4 Å². The maximum Gasteiger partial charge on any atom is 0.306 e. The number of carboxylic acids is 1. The summed E-state index contributed by atoms with van der Waals surface area (Å²) in [4.78, 5) is 37.6. The van der Waals surface area contributed by atoms with Crippen LogP contribution in [-0.2, 0) is 33.3 Å². The monoisotopic (exact) mass is 1320 g/mol. The van der Waals surface area contributed by atoms with Gasteiger partial charge < -0.3 is 33.3 Å². The molecule has 2 atom stereocenters. The second-order valence-electron chi connectivity index (χ2n) is 26.9. The van der Waals surface area contributed by atoms with Gasteiger partial charge in [0.2, 0.25) is 0 Å². The van der Waals surface area contributed by atoms with Gasteiger partial charge in [-0.2, -0.15) is 0 Å². The van der Waals surface area contributed by atoms with Crippen LogP contribution in [0.15, 0.2) is 146 Å². The first-order valence-electron chi connectivity index (χ1n) is 39.0. The third-order valence-corrected chi connectivity index (χ3v) is 16.6. The number of carbonyl (C=O) groups is 3. The van der Waals surface area contributed by atoms with E-state index in [0.717, 1.165) is 122 Å². The Labute approximate surface area is 585 Å². The van der Waals surface area contributed by atoms with E-state index in [9.17, 15) is 19.5 Å². The number of allylic oxidation sites excluding steroid dienone is 24. The highest BCUT2D eigenvalue weighted by atomic mass is 16.7. The van der Waals surface area contributed by atoms with E-state index in [1.807, 2.05) is 21.1 Å². The first-order valence-corrected chi connectivity index (χ1v) is 39.0. The molecule has 0 aliphatic heterocycles. The van der Waals surface area contributed by atoms with Crippen molar-refractivity contribution in [3.63, 3.8) is 0 Å². The minimum Gasteiger partial charge on any atom is -0.545 e. The normalized spacial score (nSPS) is 13.5. The van der Waals surface area contributed by atoms with E-state index in [1.54, 1.807) is 0 Å². The molecule has 0 amide bonds. The molecule has 0 heterocycles. The van der Waals surface area contributed by atoms with Gasteiger partial charge in [0.05, 0.1) is 40.3 Å². The molecule has 0 saturated heterocycles. The summed E-state index contributed by atoms with van der Waals surface area (Å²) in [6.45, 7) is 4.52. The summed E-state index contributed by atoms with van der Waals surface area (Å²) in [7, 11) is 5.93. The first-order chi connectivity index (χ1) is 46.6. The second kappa shape index (κ2) is 75.0. The number of carboxylic acid groups (broad SMARTS) is 1. The predicted molar refractivity (Wildman–Crippen MR) is 407 cm³/mol. The maximum atomic E-state index is 13.0. The second-order valence-corrected chi connectivity index (χ2v) is 26.9. The lowest BCUT2D eigenvalue weighted by molar-refractivity contribution is -0.870. The van der Waals surface area contributed by atoms with Crippen LogP contribution >= 0.6 is 0 Å². The molecule has 0 aromatic rings. The summed E-state index contributed by atoms with van der Waals surface area (Å²) < 4.78 is 22.8. The number of aliphatic carboxylic acids is 1. The van der Waals surface area contributed by atoms with E-state index in [1.165, 1.54) is 167 Å². The highest BCUT2D eigenvalue weighted by Crippen LogP contribution is 2.18. The minimum absolute atomic E-state index is 0.140. The summed E-state index contributed by atoms with van der Waals surface area (Å²) in [5, 5.41) is 11.9. The number of likely N-dealkylation sites (N-methyl/N-ethyl adjacent to an activating group) is 1. The molecule has 0 aliphatic carbocycles. The predicted octanol–water partition coefficient (Wildman–Crippen LogP) is 23.7. The molecule has 0 radical (unpaired) electrons. The molecule has 9 heteroatoms. The smallest absolute Gasteiger partial charge is 0.306 e. The van der Waals surface area contributed by atoms with Gasteiger partial charge in [-0.15, -0.1) is 0 Å². The molecule has 2 unspecified atom stereocenters. The van der Waals surface area contributed by atoms with Gasteiger partial charge >= 0.3 is 11.9 Å². The van der Waals surface area contributed by atoms with Crippen molar-refractivity contribution >= 4 is 17.9 Å². The summed E-state index contributed by atoms with van der Waals surface area (Å²) in [6.07, 6.45) is 107. The van der Waals surface area contributed by atoms with E-state index in [2.05, 4.69) is 160 Å². The van der Waals surface area contributed by atoms with E-state index in [4.69, 9.17) is 18.9 Å². The van der Waals surface area contributed by atoms with Crippen LogP contribution in [0.1, 0.15) is 322 Å². The Morgan fingerprint density at radius 2 is 0.568 bits per heavy atom.